The molecule has 0 heterocycles. The molecular formula is C16H26N2O. The van der Waals surface area contributed by atoms with E-state index in [-0.39, 0.29) is 0 Å². The summed E-state index contributed by atoms with van der Waals surface area (Å²) in [4.78, 5) is 2.42. The molecule has 106 valence electrons. The van der Waals surface area contributed by atoms with Crippen LogP contribution in [0, 0.1) is 6.92 Å². The lowest BCUT2D eigenvalue weighted by Crippen LogP contribution is -2.46. The number of rotatable bonds is 4. The first-order valence-electron chi connectivity index (χ1n) is 7.21. The van der Waals surface area contributed by atoms with Gasteiger partial charge in [0.1, 0.15) is 0 Å². The van der Waals surface area contributed by atoms with Crippen molar-refractivity contribution < 1.29 is 5.11 Å². The standard InChI is InChI=1S/C16H26N2O/c1-13-5-3-4-6-14(13)11-18(2)15-7-9-16(19,12-17)10-8-15/h3-6,15,19H,7-12,17H2,1-2H3. The van der Waals surface area contributed by atoms with Gasteiger partial charge in [-0.2, -0.15) is 0 Å². The molecule has 1 aliphatic carbocycles. The number of hydrogen-bond acceptors (Lipinski definition) is 3. The first-order valence-corrected chi connectivity index (χ1v) is 7.21. The number of hydrogen-bond donors (Lipinski definition) is 2. The predicted octanol–water partition coefficient (Wildman–Crippen LogP) is 2.06. The van der Waals surface area contributed by atoms with Gasteiger partial charge in [0, 0.05) is 19.1 Å². The second-order valence-electron chi connectivity index (χ2n) is 6.00. The van der Waals surface area contributed by atoms with Crippen LogP contribution in [-0.2, 0) is 6.54 Å². The Hall–Kier alpha value is -0.900. The largest absolute Gasteiger partial charge is 0.389 e. The van der Waals surface area contributed by atoms with Crippen LogP contribution < -0.4 is 5.73 Å². The van der Waals surface area contributed by atoms with Gasteiger partial charge < -0.3 is 10.8 Å². The Bertz CT molecular complexity index is 411. The molecule has 0 atom stereocenters. The Morgan fingerprint density at radius 3 is 2.53 bits per heavy atom. The molecule has 2 rings (SSSR count). The normalized spacial score (nSPS) is 27.7. The highest BCUT2D eigenvalue weighted by molar-refractivity contribution is 5.25. The smallest absolute Gasteiger partial charge is 0.0770 e. The molecule has 0 aromatic heterocycles. The zero-order valence-corrected chi connectivity index (χ0v) is 12.1. The fraction of sp³-hybridized carbons (Fsp3) is 0.625. The van der Waals surface area contributed by atoms with Gasteiger partial charge in [0.15, 0.2) is 0 Å². The van der Waals surface area contributed by atoms with Gasteiger partial charge in [-0.05, 0) is 50.8 Å². The van der Waals surface area contributed by atoms with Gasteiger partial charge in [-0.1, -0.05) is 24.3 Å². The van der Waals surface area contributed by atoms with Crippen LogP contribution in [0.4, 0.5) is 0 Å². The fourth-order valence-electron chi connectivity index (χ4n) is 2.97. The van der Waals surface area contributed by atoms with Crippen LogP contribution in [0.5, 0.6) is 0 Å². The fourth-order valence-corrected chi connectivity index (χ4v) is 2.97. The number of aryl methyl sites for hydroxylation is 1. The minimum absolute atomic E-state index is 0.390. The van der Waals surface area contributed by atoms with Crippen molar-refractivity contribution in [2.24, 2.45) is 5.73 Å². The lowest BCUT2D eigenvalue weighted by molar-refractivity contribution is -0.0104. The highest BCUT2D eigenvalue weighted by Gasteiger charge is 2.33. The van der Waals surface area contributed by atoms with Crippen LogP contribution in [-0.4, -0.2) is 35.2 Å². The average Bonchev–Trinajstić information content (AvgIpc) is 2.42. The van der Waals surface area contributed by atoms with Gasteiger partial charge in [-0.25, -0.2) is 0 Å². The van der Waals surface area contributed by atoms with Crippen molar-refractivity contribution in [1.29, 1.82) is 0 Å². The van der Waals surface area contributed by atoms with Gasteiger partial charge in [-0.3, -0.25) is 4.90 Å². The molecule has 3 heteroatoms. The Balaban J connectivity index is 1.92. The Kier molecular flexibility index (Phi) is 4.61. The third kappa shape index (κ3) is 3.56. The van der Waals surface area contributed by atoms with E-state index in [4.69, 9.17) is 5.73 Å². The summed E-state index contributed by atoms with van der Waals surface area (Å²) in [5, 5.41) is 10.2. The van der Waals surface area contributed by atoms with Gasteiger partial charge in [0.05, 0.1) is 5.60 Å². The molecular weight excluding hydrogens is 236 g/mol. The van der Waals surface area contributed by atoms with Gasteiger partial charge in [-0.15, -0.1) is 0 Å². The molecule has 3 nitrogen and oxygen atoms in total. The van der Waals surface area contributed by atoms with E-state index in [2.05, 4.69) is 43.1 Å². The maximum Gasteiger partial charge on any atom is 0.0770 e. The lowest BCUT2D eigenvalue weighted by Gasteiger charge is -2.39. The summed E-state index contributed by atoms with van der Waals surface area (Å²) < 4.78 is 0. The second kappa shape index (κ2) is 6.04. The molecule has 1 saturated carbocycles. The van der Waals surface area contributed by atoms with E-state index in [1.807, 2.05) is 0 Å². The molecule has 0 aliphatic heterocycles. The minimum atomic E-state index is -0.611. The summed E-state index contributed by atoms with van der Waals surface area (Å²) >= 11 is 0. The van der Waals surface area contributed by atoms with Crippen molar-refractivity contribution >= 4 is 0 Å². The molecule has 1 aromatic carbocycles. The van der Waals surface area contributed by atoms with Crippen LogP contribution in [0.25, 0.3) is 0 Å². The zero-order valence-electron chi connectivity index (χ0n) is 12.1. The monoisotopic (exact) mass is 262 g/mol. The van der Waals surface area contributed by atoms with E-state index in [9.17, 15) is 5.11 Å². The van der Waals surface area contributed by atoms with E-state index in [0.29, 0.717) is 12.6 Å². The lowest BCUT2D eigenvalue weighted by atomic mass is 9.81. The van der Waals surface area contributed by atoms with Gasteiger partial charge in [0.25, 0.3) is 0 Å². The number of nitrogens with two attached hydrogens (primary N) is 1. The summed E-state index contributed by atoms with van der Waals surface area (Å²) in [6.45, 7) is 3.54. The molecule has 0 bridgehead atoms. The number of aliphatic hydroxyl groups is 1. The second-order valence-corrected chi connectivity index (χ2v) is 6.00. The molecule has 1 fully saturated rings. The van der Waals surface area contributed by atoms with Crippen molar-refractivity contribution in [3.8, 4) is 0 Å². The summed E-state index contributed by atoms with van der Waals surface area (Å²) in [5.41, 5.74) is 7.77. The molecule has 0 spiro atoms. The molecule has 0 radical (unpaired) electrons. The van der Waals surface area contributed by atoms with E-state index in [0.717, 1.165) is 32.2 Å². The summed E-state index contributed by atoms with van der Waals surface area (Å²) in [6, 6.07) is 9.11. The van der Waals surface area contributed by atoms with E-state index in [1.165, 1.54) is 11.1 Å². The first kappa shape index (κ1) is 14.5. The van der Waals surface area contributed by atoms with E-state index < -0.39 is 5.60 Å². The van der Waals surface area contributed by atoms with Crippen LogP contribution in [0.2, 0.25) is 0 Å². The van der Waals surface area contributed by atoms with Crippen LogP contribution in [0.15, 0.2) is 24.3 Å². The Morgan fingerprint density at radius 2 is 1.95 bits per heavy atom. The van der Waals surface area contributed by atoms with Crippen molar-refractivity contribution in [1.82, 2.24) is 4.90 Å². The zero-order chi connectivity index (χ0) is 13.9. The molecule has 1 aromatic rings. The Morgan fingerprint density at radius 1 is 1.32 bits per heavy atom. The van der Waals surface area contributed by atoms with Crippen LogP contribution >= 0.6 is 0 Å². The third-order valence-electron chi connectivity index (χ3n) is 4.57. The molecule has 3 N–H and O–H groups in total. The van der Waals surface area contributed by atoms with Gasteiger partial charge >= 0.3 is 0 Å². The summed E-state index contributed by atoms with van der Waals surface area (Å²) in [6.07, 6.45) is 3.73. The van der Waals surface area contributed by atoms with Crippen molar-refractivity contribution in [2.75, 3.05) is 13.6 Å². The summed E-state index contributed by atoms with van der Waals surface area (Å²) in [7, 11) is 2.18. The SMILES string of the molecule is Cc1ccccc1CN(C)C1CCC(O)(CN)CC1. The maximum absolute atomic E-state index is 10.2. The minimum Gasteiger partial charge on any atom is -0.389 e. The quantitative estimate of drug-likeness (QED) is 0.873. The molecule has 0 unspecified atom stereocenters. The highest BCUT2D eigenvalue weighted by Crippen LogP contribution is 2.30. The maximum atomic E-state index is 10.2. The third-order valence-corrected chi connectivity index (χ3v) is 4.57. The Labute approximate surface area is 116 Å². The van der Waals surface area contributed by atoms with Crippen molar-refractivity contribution in [2.45, 2.75) is 50.8 Å². The molecule has 0 saturated heterocycles. The van der Waals surface area contributed by atoms with Crippen molar-refractivity contribution in [3.05, 3.63) is 35.4 Å². The average molecular weight is 262 g/mol. The molecule has 1 aliphatic rings. The van der Waals surface area contributed by atoms with Crippen LogP contribution in [0.1, 0.15) is 36.8 Å². The summed E-state index contributed by atoms with van der Waals surface area (Å²) in [5.74, 6) is 0. The first-order chi connectivity index (χ1) is 9.04. The number of nitrogens with zero attached hydrogens (tertiary/aromatic N) is 1. The molecule has 19 heavy (non-hydrogen) atoms. The van der Waals surface area contributed by atoms with Crippen molar-refractivity contribution in [3.63, 3.8) is 0 Å². The molecule has 0 amide bonds. The number of benzene rings is 1. The van der Waals surface area contributed by atoms with E-state index >= 15 is 0 Å². The highest BCUT2D eigenvalue weighted by atomic mass is 16.3. The van der Waals surface area contributed by atoms with E-state index in [1.54, 1.807) is 0 Å². The van der Waals surface area contributed by atoms with Gasteiger partial charge in [0.2, 0.25) is 0 Å². The topological polar surface area (TPSA) is 49.5 Å². The van der Waals surface area contributed by atoms with Crippen LogP contribution in [0.3, 0.4) is 0 Å². The predicted molar refractivity (Wildman–Crippen MR) is 78.9 cm³/mol.